The number of aliphatic hydroxyl groups is 1. The number of fused-ring (bicyclic) bond motifs is 1. The zero-order valence-corrected chi connectivity index (χ0v) is 8.11. The molecule has 0 fully saturated rings. The summed E-state index contributed by atoms with van der Waals surface area (Å²) >= 11 is 0. The van der Waals surface area contributed by atoms with E-state index in [0.29, 0.717) is 22.8 Å². The van der Waals surface area contributed by atoms with Crippen molar-refractivity contribution in [2.45, 2.75) is 13.0 Å². The van der Waals surface area contributed by atoms with Gasteiger partial charge in [0.05, 0.1) is 13.2 Å². The lowest BCUT2D eigenvalue weighted by atomic mass is 10.1. The van der Waals surface area contributed by atoms with Crippen LogP contribution in [0.2, 0.25) is 0 Å². The van der Waals surface area contributed by atoms with Crippen LogP contribution in [-0.2, 0) is 0 Å². The highest BCUT2D eigenvalue weighted by Crippen LogP contribution is 2.40. The van der Waals surface area contributed by atoms with Crippen molar-refractivity contribution in [3.05, 3.63) is 17.7 Å². The maximum Gasteiger partial charge on any atom is 0.231 e. The van der Waals surface area contributed by atoms with Gasteiger partial charge in [0.25, 0.3) is 0 Å². The smallest absolute Gasteiger partial charge is 0.231 e. The Bertz CT molecular complexity index is 346. The van der Waals surface area contributed by atoms with Crippen molar-refractivity contribution in [2.75, 3.05) is 13.9 Å². The van der Waals surface area contributed by atoms with Gasteiger partial charge in [-0.2, -0.15) is 0 Å². The number of benzene rings is 1. The maximum absolute atomic E-state index is 9.49. The first-order valence-electron chi connectivity index (χ1n) is 4.38. The fraction of sp³-hybridized carbons (Fsp3) is 0.400. The van der Waals surface area contributed by atoms with Crippen molar-refractivity contribution in [3.63, 3.8) is 0 Å². The second kappa shape index (κ2) is 3.38. The molecule has 1 aliphatic rings. The molecule has 0 saturated carbocycles. The number of aliphatic hydroxyl groups excluding tert-OH is 1. The van der Waals surface area contributed by atoms with Crippen LogP contribution in [0.5, 0.6) is 17.2 Å². The van der Waals surface area contributed by atoms with Gasteiger partial charge in [-0.15, -0.1) is 0 Å². The van der Waals surface area contributed by atoms with Crippen LogP contribution in [0.3, 0.4) is 0 Å². The highest BCUT2D eigenvalue weighted by Gasteiger charge is 2.19. The zero-order valence-electron chi connectivity index (χ0n) is 8.11. The molecule has 0 spiro atoms. The Morgan fingerprint density at radius 3 is 2.57 bits per heavy atom. The first-order chi connectivity index (χ1) is 6.72. The number of hydrogen-bond acceptors (Lipinski definition) is 4. The van der Waals surface area contributed by atoms with Crippen molar-refractivity contribution >= 4 is 0 Å². The van der Waals surface area contributed by atoms with Gasteiger partial charge in [0.2, 0.25) is 6.79 Å². The third-order valence-corrected chi connectivity index (χ3v) is 2.18. The summed E-state index contributed by atoms with van der Waals surface area (Å²) in [5.74, 6) is 1.93. The first kappa shape index (κ1) is 9.15. The molecule has 76 valence electrons. The van der Waals surface area contributed by atoms with E-state index in [0.717, 1.165) is 0 Å². The van der Waals surface area contributed by atoms with Crippen molar-refractivity contribution in [1.29, 1.82) is 0 Å². The van der Waals surface area contributed by atoms with E-state index >= 15 is 0 Å². The minimum Gasteiger partial charge on any atom is -0.496 e. The van der Waals surface area contributed by atoms with Gasteiger partial charge in [-0.1, -0.05) is 0 Å². The molecule has 0 aliphatic carbocycles. The summed E-state index contributed by atoms with van der Waals surface area (Å²) < 4.78 is 15.5. The molecule has 14 heavy (non-hydrogen) atoms. The zero-order chi connectivity index (χ0) is 10.1. The molecule has 1 heterocycles. The predicted molar refractivity (Wildman–Crippen MR) is 49.8 cm³/mol. The Morgan fingerprint density at radius 1 is 1.36 bits per heavy atom. The fourth-order valence-corrected chi connectivity index (χ4v) is 1.44. The van der Waals surface area contributed by atoms with Gasteiger partial charge in [-0.25, -0.2) is 0 Å². The molecular weight excluding hydrogens is 184 g/mol. The van der Waals surface area contributed by atoms with Crippen LogP contribution in [0.4, 0.5) is 0 Å². The summed E-state index contributed by atoms with van der Waals surface area (Å²) in [5, 5.41) is 9.49. The minimum atomic E-state index is -0.584. The Labute approximate surface area is 82.0 Å². The van der Waals surface area contributed by atoms with E-state index in [-0.39, 0.29) is 6.79 Å². The second-order valence-electron chi connectivity index (χ2n) is 3.12. The van der Waals surface area contributed by atoms with E-state index in [2.05, 4.69) is 0 Å². The topological polar surface area (TPSA) is 47.9 Å². The van der Waals surface area contributed by atoms with Crippen LogP contribution in [0.25, 0.3) is 0 Å². The molecule has 0 bridgehead atoms. The van der Waals surface area contributed by atoms with E-state index in [1.165, 1.54) is 0 Å². The lowest BCUT2D eigenvalue weighted by molar-refractivity contribution is 0.173. The quantitative estimate of drug-likeness (QED) is 0.778. The summed E-state index contributed by atoms with van der Waals surface area (Å²) in [7, 11) is 1.56. The maximum atomic E-state index is 9.49. The van der Waals surface area contributed by atoms with E-state index in [1.54, 1.807) is 26.2 Å². The molecule has 0 radical (unpaired) electrons. The highest BCUT2D eigenvalue weighted by atomic mass is 16.7. The summed E-state index contributed by atoms with van der Waals surface area (Å²) in [6, 6.07) is 3.47. The third kappa shape index (κ3) is 1.37. The summed E-state index contributed by atoms with van der Waals surface area (Å²) in [6.45, 7) is 1.90. The first-order valence-corrected chi connectivity index (χ1v) is 4.38. The molecule has 1 N–H and O–H groups in total. The number of hydrogen-bond donors (Lipinski definition) is 1. The van der Waals surface area contributed by atoms with Crippen molar-refractivity contribution in [3.8, 4) is 17.2 Å². The lowest BCUT2D eigenvalue weighted by Gasteiger charge is -2.11. The van der Waals surface area contributed by atoms with Crippen molar-refractivity contribution in [2.24, 2.45) is 0 Å². The van der Waals surface area contributed by atoms with Gasteiger partial charge < -0.3 is 19.3 Å². The monoisotopic (exact) mass is 196 g/mol. The van der Waals surface area contributed by atoms with Crippen molar-refractivity contribution in [1.82, 2.24) is 0 Å². The molecule has 4 nitrogen and oxygen atoms in total. The van der Waals surface area contributed by atoms with E-state index in [4.69, 9.17) is 14.2 Å². The lowest BCUT2D eigenvalue weighted by Crippen LogP contribution is -1.96. The highest BCUT2D eigenvalue weighted by molar-refractivity contribution is 5.52. The Balaban J connectivity index is 2.49. The molecule has 2 rings (SSSR count). The van der Waals surface area contributed by atoms with Gasteiger partial charge in [0.15, 0.2) is 11.5 Å². The molecule has 0 amide bonds. The molecular formula is C10H12O4. The summed E-state index contributed by atoms with van der Waals surface area (Å²) in [4.78, 5) is 0. The van der Waals surface area contributed by atoms with Crippen molar-refractivity contribution < 1.29 is 19.3 Å². The van der Waals surface area contributed by atoms with Gasteiger partial charge in [0, 0.05) is 11.6 Å². The average Bonchev–Trinajstić information content (AvgIpc) is 2.62. The number of ether oxygens (including phenoxy) is 3. The fourth-order valence-electron chi connectivity index (χ4n) is 1.44. The van der Waals surface area contributed by atoms with Crippen LogP contribution in [0.15, 0.2) is 12.1 Å². The van der Waals surface area contributed by atoms with Gasteiger partial charge in [0.1, 0.15) is 5.75 Å². The van der Waals surface area contributed by atoms with Gasteiger partial charge in [-0.05, 0) is 13.0 Å². The number of methoxy groups -OCH3 is 1. The molecule has 0 unspecified atom stereocenters. The molecule has 1 aromatic carbocycles. The molecule has 4 heteroatoms. The molecule has 1 atom stereocenters. The number of rotatable bonds is 2. The average molecular weight is 196 g/mol. The molecule has 0 aromatic heterocycles. The third-order valence-electron chi connectivity index (χ3n) is 2.18. The largest absolute Gasteiger partial charge is 0.496 e. The minimum absolute atomic E-state index is 0.224. The van der Waals surface area contributed by atoms with Crippen LogP contribution in [0, 0.1) is 0 Å². The second-order valence-corrected chi connectivity index (χ2v) is 3.12. The van der Waals surface area contributed by atoms with Crippen LogP contribution >= 0.6 is 0 Å². The normalized spacial score (nSPS) is 15.4. The standard InChI is InChI=1S/C10H12O4/c1-6(11)7-3-9-10(14-5-13-9)4-8(7)12-2/h3-4,6,11H,5H2,1-2H3/t6-/m0/s1. The summed E-state index contributed by atoms with van der Waals surface area (Å²) in [6.07, 6.45) is -0.584. The van der Waals surface area contributed by atoms with Gasteiger partial charge in [-0.3, -0.25) is 0 Å². The molecule has 0 saturated heterocycles. The van der Waals surface area contributed by atoms with E-state index < -0.39 is 6.10 Å². The Morgan fingerprint density at radius 2 is 2.00 bits per heavy atom. The SMILES string of the molecule is COc1cc2c(cc1[C@H](C)O)OCO2. The molecule has 1 aromatic rings. The Kier molecular flexibility index (Phi) is 2.21. The van der Waals surface area contributed by atoms with Crippen LogP contribution < -0.4 is 14.2 Å². The van der Waals surface area contributed by atoms with E-state index in [1.807, 2.05) is 0 Å². The Hall–Kier alpha value is -1.42. The molecule has 1 aliphatic heterocycles. The van der Waals surface area contributed by atoms with E-state index in [9.17, 15) is 5.11 Å². The summed E-state index contributed by atoms with van der Waals surface area (Å²) in [5.41, 5.74) is 0.705. The van der Waals surface area contributed by atoms with Gasteiger partial charge >= 0.3 is 0 Å². The van der Waals surface area contributed by atoms with Crippen LogP contribution in [-0.4, -0.2) is 19.0 Å². The van der Waals surface area contributed by atoms with Crippen LogP contribution in [0.1, 0.15) is 18.6 Å². The predicted octanol–water partition coefficient (Wildman–Crippen LogP) is 1.48.